The molecule has 0 saturated carbocycles. The summed E-state index contributed by atoms with van der Waals surface area (Å²) in [6.45, 7) is 4.89. The van der Waals surface area contributed by atoms with E-state index in [0.29, 0.717) is 35.8 Å². The highest BCUT2D eigenvalue weighted by Gasteiger charge is 2.51. The van der Waals surface area contributed by atoms with Crippen LogP contribution in [0.2, 0.25) is 0 Å². The highest BCUT2D eigenvalue weighted by Crippen LogP contribution is 2.55. The van der Waals surface area contributed by atoms with E-state index in [1.54, 1.807) is 11.1 Å². The molecule has 150 valence electrons. The number of hydrogen-bond donors (Lipinski definition) is 1. The van der Waals surface area contributed by atoms with E-state index in [1.807, 2.05) is 0 Å². The van der Waals surface area contributed by atoms with Gasteiger partial charge in [-0.05, 0) is 53.7 Å². The van der Waals surface area contributed by atoms with Crippen molar-refractivity contribution in [2.75, 3.05) is 0 Å². The summed E-state index contributed by atoms with van der Waals surface area (Å²) in [6, 6.07) is 9.49. The molecule has 7 unspecified atom stereocenters. The number of rotatable bonds is 2. The van der Waals surface area contributed by atoms with Crippen molar-refractivity contribution < 1.29 is 4.74 Å². The van der Waals surface area contributed by atoms with Crippen LogP contribution in [0.4, 0.5) is 0 Å². The van der Waals surface area contributed by atoms with Crippen molar-refractivity contribution in [3.05, 3.63) is 83.6 Å². The van der Waals surface area contributed by atoms with E-state index < -0.39 is 0 Å². The van der Waals surface area contributed by atoms with Crippen LogP contribution in [-0.4, -0.2) is 18.2 Å². The van der Waals surface area contributed by atoms with Gasteiger partial charge in [0.15, 0.2) is 0 Å². The number of ether oxygens (including phenoxy) is 1. The van der Waals surface area contributed by atoms with E-state index in [4.69, 9.17) is 4.74 Å². The summed E-state index contributed by atoms with van der Waals surface area (Å²) in [6.07, 6.45) is 20.5. The second-order valence-corrected chi connectivity index (χ2v) is 10.0. The van der Waals surface area contributed by atoms with Gasteiger partial charge >= 0.3 is 0 Å². The van der Waals surface area contributed by atoms with E-state index in [2.05, 4.69) is 86.0 Å². The van der Waals surface area contributed by atoms with Gasteiger partial charge in [0.05, 0.1) is 12.2 Å². The summed E-state index contributed by atoms with van der Waals surface area (Å²) in [5.41, 5.74) is 4.65. The molecule has 1 saturated heterocycles. The first-order chi connectivity index (χ1) is 14.1. The van der Waals surface area contributed by atoms with Crippen molar-refractivity contribution in [1.29, 1.82) is 0 Å². The molecule has 0 amide bonds. The first kappa shape index (κ1) is 17.8. The Labute approximate surface area is 174 Å². The topological polar surface area (TPSA) is 21.3 Å². The van der Waals surface area contributed by atoms with E-state index in [-0.39, 0.29) is 11.5 Å². The molecule has 1 N–H and O–H groups in total. The minimum atomic E-state index is 0.174. The molecule has 1 fully saturated rings. The molecular weight excluding hydrogens is 354 g/mol. The van der Waals surface area contributed by atoms with Gasteiger partial charge in [-0.3, -0.25) is 0 Å². The van der Waals surface area contributed by atoms with Gasteiger partial charge in [-0.25, -0.2) is 0 Å². The maximum atomic E-state index is 6.43. The van der Waals surface area contributed by atoms with E-state index >= 15 is 0 Å². The lowest BCUT2D eigenvalue weighted by atomic mass is 9.68. The Kier molecular flexibility index (Phi) is 3.96. The largest absolute Gasteiger partial charge is 0.381 e. The van der Waals surface area contributed by atoms with Crippen LogP contribution in [-0.2, 0) is 10.2 Å². The summed E-state index contributed by atoms with van der Waals surface area (Å²) in [5.74, 6) is 2.13. The van der Waals surface area contributed by atoms with Crippen LogP contribution in [0.25, 0.3) is 0 Å². The van der Waals surface area contributed by atoms with Crippen molar-refractivity contribution in [3.8, 4) is 0 Å². The maximum absolute atomic E-state index is 6.43. The third-order valence-electron chi connectivity index (χ3n) is 8.22. The van der Waals surface area contributed by atoms with Crippen LogP contribution < -0.4 is 5.32 Å². The SMILES string of the molecule is CC1(C)c2ccccc2C2CC=CC(NC3=CC=CC4OC5CCC=CC5C34)C21. The molecule has 0 bridgehead atoms. The van der Waals surface area contributed by atoms with Gasteiger partial charge in [0.1, 0.15) is 0 Å². The van der Waals surface area contributed by atoms with E-state index in [1.165, 1.54) is 5.70 Å². The zero-order valence-corrected chi connectivity index (χ0v) is 17.4. The van der Waals surface area contributed by atoms with Crippen LogP contribution in [0.5, 0.6) is 0 Å². The van der Waals surface area contributed by atoms with Crippen molar-refractivity contribution in [2.45, 2.75) is 62.7 Å². The average Bonchev–Trinajstić information content (AvgIpc) is 3.23. The van der Waals surface area contributed by atoms with Gasteiger partial charge < -0.3 is 10.1 Å². The fourth-order valence-corrected chi connectivity index (χ4v) is 7.00. The Balaban J connectivity index is 1.32. The zero-order chi connectivity index (χ0) is 19.6. The summed E-state index contributed by atoms with van der Waals surface area (Å²) in [7, 11) is 0. The maximum Gasteiger partial charge on any atom is 0.0852 e. The lowest BCUT2D eigenvalue weighted by Gasteiger charge is -2.41. The molecule has 7 atom stereocenters. The number of fused-ring (bicyclic) bond motifs is 6. The molecule has 0 aromatic heterocycles. The van der Waals surface area contributed by atoms with Gasteiger partial charge in [0, 0.05) is 23.6 Å². The van der Waals surface area contributed by atoms with E-state index in [0.717, 1.165) is 19.3 Å². The molecule has 1 aromatic carbocycles. The third kappa shape index (κ3) is 2.58. The van der Waals surface area contributed by atoms with Crippen molar-refractivity contribution in [1.82, 2.24) is 5.32 Å². The molecule has 2 heteroatoms. The Bertz CT molecular complexity index is 936. The molecule has 2 nitrogen and oxygen atoms in total. The molecular formula is C27H31NO. The summed E-state index contributed by atoms with van der Waals surface area (Å²) in [5, 5.41) is 4.03. The third-order valence-corrected chi connectivity index (χ3v) is 8.22. The fourth-order valence-electron chi connectivity index (χ4n) is 7.00. The Morgan fingerprint density at radius 3 is 2.90 bits per heavy atom. The number of allylic oxidation sites excluding steroid dienone is 4. The van der Waals surface area contributed by atoms with Crippen molar-refractivity contribution in [3.63, 3.8) is 0 Å². The molecule has 0 radical (unpaired) electrons. The van der Waals surface area contributed by atoms with Crippen molar-refractivity contribution >= 4 is 0 Å². The molecule has 1 aliphatic heterocycles. The fraction of sp³-hybridized carbons (Fsp3) is 0.481. The normalized spacial score (nSPS) is 40.6. The lowest BCUT2D eigenvalue weighted by molar-refractivity contribution is 0.0520. The molecule has 1 heterocycles. The Morgan fingerprint density at radius 2 is 1.97 bits per heavy atom. The Morgan fingerprint density at radius 1 is 1.07 bits per heavy atom. The summed E-state index contributed by atoms with van der Waals surface area (Å²) >= 11 is 0. The van der Waals surface area contributed by atoms with Crippen LogP contribution in [0.1, 0.15) is 50.2 Å². The molecule has 6 rings (SSSR count). The number of nitrogens with one attached hydrogen (secondary N) is 1. The minimum Gasteiger partial charge on any atom is -0.381 e. The highest BCUT2D eigenvalue weighted by molar-refractivity contribution is 5.46. The van der Waals surface area contributed by atoms with Crippen LogP contribution >= 0.6 is 0 Å². The number of benzene rings is 1. The Hall–Kier alpha value is -2.06. The molecule has 5 aliphatic rings. The molecule has 1 aromatic rings. The van der Waals surface area contributed by atoms with Crippen LogP contribution in [0.15, 0.2) is 72.5 Å². The first-order valence-corrected chi connectivity index (χ1v) is 11.4. The molecule has 29 heavy (non-hydrogen) atoms. The monoisotopic (exact) mass is 385 g/mol. The molecule has 4 aliphatic carbocycles. The van der Waals surface area contributed by atoms with Gasteiger partial charge in [-0.2, -0.15) is 0 Å². The second-order valence-electron chi connectivity index (χ2n) is 10.0. The highest BCUT2D eigenvalue weighted by atomic mass is 16.5. The quantitative estimate of drug-likeness (QED) is 0.688. The van der Waals surface area contributed by atoms with Crippen LogP contribution in [0, 0.1) is 17.8 Å². The van der Waals surface area contributed by atoms with Gasteiger partial charge in [0.25, 0.3) is 0 Å². The average molecular weight is 386 g/mol. The van der Waals surface area contributed by atoms with Crippen LogP contribution in [0.3, 0.4) is 0 Å². The zero-order valence-electron chi connectivity index (χ0n) is 17.4. The molecule has 0 spiro atoms. The van der Waals surface area contributed by atoms with Crippen molar-refractivity contribution in [2.24, 2.45) is 17.8 Å². The van der Waals surface area contributed by atoms with E-state index in [9.17, 15) is 0 Å². The first-order valence-electron chi connectivity index (χ1n) is 11.4. The predicted molar refractivity (Wildman–Crippen MR) is 118 cm³/mol. The second kappa shape index (κ2) is 6.47. The summed E-state index contributed by atoms with van der Waals surface area (Å²) in [4.78, 5) is 0. The van der Waals surface area contributed by atoms with Gasteiger partial charge in [-0.15, -0.1) is 0 Å². The lowest BCUT2D eigenvalue weighted by Crippen LogP contribution is -2.46. The van der Waals surface area contributed by atoms with Gasteiger partial charge in [-0.1, -0.05) is 74.6 Å². The minimum absolute atomic E-state index is 0.174. The predicted octanol–water partition coefficient (Wildman–Crippen LogP) is 5.40. The summed E-state index contributed by atoms with van der Waals surface area (Å²) < 4.78 is 6.43. The standard InChI is InChI=1S/C27H31NO/c1-27(2)20-12-5-3-9-17(20)18-11-7-14-22(26(18)27)28-21-13-8-16-24-25(21)19-10-4-6-15-23(19)29-24/h3-5,7-10,12-14,16,18-19,22-26,28H,6,11,15H2,1-2H3. The number of hydrogen-bond acceptors (Lipinski definition) is 2. The van der Waals surface area contributed by atoms with Gasteiger partial charge in [0.2, 0.25) is 0 Å². The smallest absolute Gasteiger partial charge is 0.0852 e.